The molecule has 1 atom stereocenters. The number of aryl methyl sites for hydroxylation is 1. The molecule has 0 bridgehead atoms. The first-order chi connectivity index (χ1) is 12.4. The van der Waals surface area contributed by atoms with Crippen molar-refractivity contribution in [3.8, 4) is 0 Å². The second-order valence-electron chi connectivity index (χ2n) is 5.44. The summed E-state index contributed by atoms with van der Waals surface area (Å²) in [6.07, 6.45) is 0.218. The molecule has 26 heavy (non-hydrogen) atoms. The van der Waals surface area contributed by atoms with Crippen LogP contribution in [-0.2, 0) is 9.59 Å². The number of thiazole rings is 1. The van der Waals surface area contributed by atoms with Crippen molar-refractivity contribution >= 4 is 39.3 Å². The van der Waals surface area contributed by atoms with Crippen LogP contribution in [0.1, 0.15) is 28.9 Å². The van der Waals surface area contributed by atoms with Gasteiger partial charge in [-0.05, 0) is 25.5 Å². The Kier molecular flexibility index (Phi) is 6.62. The minimum Gasteiger partial charge on any atom is -0.480 e. The van der Waals surface area contributed by atoms with E-state index in [0.29, 0.717) is 21.4 Å². The van der Waals surface area contributed by atoms with E-state index >= 15 is 0 Å². The number of nitrogens with two attached hydrogens (primary N) is 1. The summed E-state index contributed by atoms with van der Waals surface area (Å²) >= 11 is 1.17. The SMILES string of the molecule is Cc1nc(NC(=C=O)CCC(N)C(=O)O)sc1NC(=O)c1ccccc1. The third-order valence-electron chi connectivity index (χ3n) is 3.46. The number of hydrogen-bond donors (Lipinski definition) is 4. The highest BCUT2D eigenvalue weighted by molar-refractivity contribution is 7.19. The molecule has 9 heteroatoms. The van der Waals surface area contributed by atoms with Crippen molar-refractivity contribution < 1.29 is 19.5 Å². The summed E-state index contributed by atoms with van der Waals surface area (Å²) < 4.78 is 0. The molecule has 0 aliphatic rings. The van der Waals surface area contributed by atoms with Crippen LogP contribution in [-0.4, -0.2) is 34.0 Å². The third kappa shape index (κ3) is 5.25. The smallest absolute Gasteiger partial charge is 0.320 e. The summed E-state index contributed by atoms with van der Waals surface area (Å²) in [5.41, 5.74) is 6.68. The first-order valence-corrected chi connectivity index (χ1v) is 8.55. The van der Waals surface area contributed by atoms with Gasteiger partial charge < -0.3 is 21.5 Å². The van der Waals surface area contributed by atoms with Crippen LogP contribution in [0.2, 0.25) is 0 Å². The minimum atomic E-state index is -1.13. The number of allylic oxidation sites excluding steroid dienone is 1. The Hall–Kier alpha value is -3.00. The van der Waals surface area contributed by atoms with Gasteiger partial charge in [-0.3, -0.25) is 9.59 Å². The number of hydrogen-bond acceptors (Lipinski definition) is 7. The molecule has 0 aliphatic carbocycles. The van der Waals surface area contributed by atoms with Gasteiger partial charge in [-0.25, -0.2) is 9.78 Å². The Morgan fingerprint density at radius 2 is 2.00 bits per heavy atom. The molecule has 0 fully saturated rings. The molecule has 8 nitrogen and oxygen atoms in total. The molecule has 0 aliphatic heterocycles. The number of carboxylic acid groups (broad SMARTS) is 1. The van der Waals surface area contributed by atoms with E-state index < -0.39 is 12.0 Å². The maximum Gasteiger partial charge on any atom is 0.320 e. The Bertz CT molecular complexity index is 844. The molecule has 5 N–H and O–H groups in total. The van der Waals surface area contributed by atoms with E-state index in [1.54, 1.807) is 37.1 Å². The standard InChI is InChI=1S/C17H18N4O4S/c1-10-15(21-14(23)11-5-3-2-4-6-11)26-17(19-10)20-12(9-22)7-8-13(18)16(24)25/h2-6,13H,7-8,18H2,1H3,(H,19,20)(H,21,23)(H,24,25). The molecule has 136 valence electrons. The fourth-order valence-electron chi connectivity index (χ4n) is 2.02. The summed E-state index contributed by atoms with van der Waals surface area (Å²) in [5.74, 6) is 0.332. The second-order valence-corrected chi connectivity index (χ2v) is 6.44. The van der Waals surface area contributed by atoms with E-state index in [2.05, 4.69) is 15.6 Å². The highest BCUT2D eigenvalue weighted by Gasteiger charge is 2.15. The van der Waals surface area contributed by atoms with Crippen molar-refractivity contribution in [2.75, 3.05) is 10.6 Å². The van der Waals surface area contributed by atoms with Crippen molar-refractivity contribution in [2.45, 2.75) is 25.8 Å². The number of aliphatic carboxylic acids is 1. The Labute approximate surface area is 153 Å². The summed E-state index contributed by atoms with van der Waals surface area (Å²) in [7, 11) is 0. The molecular formula is C17H18N4O4S. The molecule has 1 amide bonds. The molecule has 0 radical (unpaired) electrons. The lowest BCUT2D eigenvalue weighted by Crippen LogP contribution is -2.30. The van der Waals surface area contributed by atoms with Gasteiger partial charge in [0.05, 0.1) is 5.69 Å². The van der Waals surface area contributed by atoms with Crippen molar-refractivity contribution in [3.05, 3.63) is 47.3 Å². The van der Waals surface area contributed by atoms with Gasteiger partial charge in [0, 0.05) is 12.0 Å². The van der Waals surface area contributed by atoms with E-state index in [1.807, 2.05) is 6.07 Å². The molecule has 0 saturated carbocycles. The molecule has 0 saturated heterocycles. The number of carboxylic acids is 1. The van der Waals surface area contributed by atoms with Gasteiger partial charge in [-0.2, -0.15) is 0 Å². The molecule has 1 heterocycles. The van der Waals surface area contributed by atoms with Crippen LogP contribution in [0.15, 0.2) is 36.0 Å². The number of carbonyl (C=O) groups is 2. The van der Waals surface area contributed by atoms with E-state index in [1.165, 1.54) is 11.3 Å². The number of anilines is 2. The van der Waals surface area contributed by atoms with Crippen molar-refractivity contribution in [1.82, 2.24) is 4.98 Å². The van der Waals surface area contributed by atoms with Crippen LogP contribution in [0.4, 0.5) is 10.1 Å². The van der Waals surface area contributed by atoms with Gasteiger partial charge in [0.25, 0.3) is 5.91 Å². The van der Waals surface area contributed by atoms with E-state index in [0.717, 1.165) is 0 Å². The topological polar surface area (TPSA) is 134 Å². The first kappa shape index (κ1) is 19.3. The van der Waals surface area contributed by atoms with Crippen LogP contribution in [0.25, 0.3) is 0 Å². The van der Waals surface area contributed by atoms with Crippen LogP contribution < -0.4 is 16.4 Å². The predicted octanol–water partition coefficient (Wildman–Crippen LogP) is 2.02. The van der Waals surface area contributed by atoms with Crippen LogP contribution >= 0.6 is 11.3 Å². The maximum atomic E-state index is 12.2. The van der Waals surface area contributed by atoms with Gasteiger partial charge in [-0.1, -0.05) is 29.5 Å². The normalized spacial score (nSPS) is 11.3. The van der Waals surface area contributed by atoms with Gasteiger partial charge in [-0.15, -0.1) is 0 Å². The largest absolute Gasteiger partial charge is 0.480 e. The first-order valence-electron chi connectivity index (χ1n) is 7.74. The van der Waals surface area contributed by atoms with Gasteiger partial charge in [0.2, 0.25) is 0 Å². The van der Waals surface area contributed by atoms with Crippen molar-refractivity contribution in [3.63, 3.8) is 0 Å². The summed E-state index contributed by atoms with van der Waals surface area (Å²) in [6, 6.07) is 7.70. The Morgan fingerprint density at radius 3 is 2.62 bits per heavy atom. The maximum absolute atomic E-state index is 12.2. The highest BCUT2D eigenvalue weighted by atomic mass is 32.1. The summed E-state index contributed by atoms with van der Waals surface area (Å²) in [5, 5.41) is 15.3. The molecular weight excluding hydrogens is 356 g/mol. The quantitative estimate of drug-likeness (QED) is 0.519. The van der Waals surface area contributed by atoms with Gasteiger partial charge in [0.1, 0.15) is 22.7 Å². The predicted molar refractivity (Wildman–Crippen MR) is 98.9 cm³/mol. The molecule has 2 rings (SSSR count). The number of aromatic nitrogens is 1. The number of rotatable bonds is 8. The monoisotopic (exact) mass is 374 g/mol. The number of benzene rings is 1. The van der Waals surface area contributed by atoms with Gasteiger partial charge in [0.15, 0.2) is 5.13 Å². The number of nitrogens with one attached hydrogen (secondary N) is 2. The van der Waals surface area contributed by atoms with Crippen LogP contribution in [0.3, 0.4) is 0 Å². The number of amides is 1. The number of carbonyl (C=O) groups excluding carboxylic acids is 2. The molecule has 2 aromatic rings. The van der Waals surface area contributed by atoms with E-state index in [4.69, 9.17) is 10.8 Å². The zero-order valence-electron chi connectivity index (χ0n) is 14.0. The lowest BCUT2D eigenvalue weighted by molar-refractivity contribution is -0.138. The van der Waals surface area contributed by atoms with Crippen molar-refractivity contribution in [2.24, 2.45) is 5.73 Å². The Morgan fingerprint density at radius 1 is 1.31 bits per heavy atom. The molecule has 1 unspecified atom stereocenters. The summed E-state index contributed by atoms with van der Waals surface area (Å²) in [4.78, 5) is 38.2. The number of nitrogens with zero attached hydrogens (tertiary/aromatic N) is 1. The lowest BCUT2D eigenvalue weighted by Gasteiger charge is -2.07. The zero-order chi connectivity index (χ0) is 19.1. The fourth-order valence-corrected chi connectivity index (χ4v) is 2.91. The highest BCUT2D eigenvalue weighted by Crippen LogP contribution is 2.29. The van der Waals surface area contributed by atoms with Gasteiger partial charge >= 0.3 is 5.97 Å². The van der Waals surface area contributed by atoms with Crippen LogP contribution in [0.5, 0.6) is 0 Å². The third-order valence-corrected chi connectivity index (χ3v) is 4.45. The minimum absolute atomic E-state index is 0.0921. The summed E-state index contributed by atoms with van der Waals surface area (Å²) in [6.45, 7) is 1.73. The van der Waals surface area contributed by atoms with Crippen LogP contribution in [0, 0.1) is 6.92 Å². The zero-order valence-corrected chi connectivity index (χ0v) is 14.8. The molecule has 1 aromatic carbocycles. The Balaban J connectivity index is 2.01. The average molecular weight is 374 g/mol. The van der Waals surface area contributed by atoms with E-state index in [9.17, 15) is 14.4 Å². The lowest BCUT2D eigenvalue weighted by atomic mass is 10.1. The molecule has 1 aromatic heterocycles. The molecule has 0 spiro atoms. The second kappa shape index (κ2) is 8.91. The average Bonchev–Trinajstić information content (AvgIpc) is 2.97. The van der Waals surface area contributed by atoms with E-state index in [-0.39, 0.29) is 24.4 Å². The fraction of sp³-hybridized carbons (Fsp3) is 0.235. The van der Waals surface area contributed by atoms with Crippen molar-refractivity contribution in [1.29, 1.82) is 0 Å².